The molecule has 0 fully saturated rings. The molecule has 0 aliphatic rings. The molecule has 0 amide bonds. The molecule has 0 atom stereocenters. The summed E-state index contributed by atoms with van der Waals surface area (Å²) < 4.78 is 0. The van der Waals surface area contributed by atoms with Crippen molar-refractivity contribution in [2.45, 2.75) is 0 Å². The van der Waals surface area contributed by atoms with Gasteiger partial charge in [0.15, 0.2) is 0 Å². The van der Waals surface area contributed by atoms with Gasteiger partial charge in [0.05, 0.1) is 12.4 Å². The quantitative estimate of drug-likeness (QED) is 0.306. The van der Waals surface area contributed by atoms with Gasteiger partial charge < -0.3 is 4.90 Å². The summed E-state index contributed by atoms with van der Waals surface area (Å²) in [5, 5.41) is 8.01. The molecule has 0 aromatic rings. The smallest absolute Gasteiger partial charge is 0.0928 e. The van der Waals surface area contributed by atoms with Crippen LogP contribution in [0.15, 0.2) is 17.3 Å². The van der Waals surface area contributed by atoms with E-state index in [9.17, 15) is 0 Å². The molecule has 3 heteroatoms. The lowest BCUT2D eigenvalue weighted by Gasteiger charge is -1.98. The van der Waals surface area contributed by atoms with E-state index in [0.29, 0.717) is 0 Å². The van der Waals surface area contributed by atoms with Gasteiger partial charge in [-0.15, -0.1) is 0 Å². The molecule has 48 valence electrons. The second-order valence-electron chi connectivity index (χ2n) is 1.67. The van der Waals surface area contributed by atoms with Crippen LogP contribution in [-0.4, -0.2) is 25.3 Å². The number of hydrogen-bond acceptors (Lipinski definition) is 2. The largest absolute Gasteiger partial charge is 0.369 e. The Kier molecular flexibility index (Phi) is 4.15. The Bertz CT molecular complexity index is 150. The third-order valence-electron chi connectivity index (χ3n) is 0.533. The maximum Gasteiger partial charge on any atom is 0.0928 e. The van der Waals surface area contributed by atoms with E-state index in [2.05, 4.69) is 4.99 Å². The Morgan fingerprint density at radius 2 is 2.22 bits per heavy atom. The van der Waals surface area contributed by atoms with Crippen molar-refractivity contribution in [3.8, 4) is 6.07 Å². The zero-order valence-electron chi connectivity index (χ0n) is 5.57. The first-order valence-corrected chi connectivity index (χ1v) is 2.51. The Morgan fingerprint density at radius 1 is 1.56 bits per heavy atom. The molecule has 3 nitrogen and oxygen atoms in total. The number of aliphatic imine (C=N–C) groups is 1. The summed E-state index contributed by atoms with van der Waals surface area (Å²) >= 11 is 0. The molecule has 0 unspecified atom stereocenters. The summed E-state index contributed by atoms with van der Waals surface area (Å²) in [5.74, 6) is 0. The first-order chi connectivity index (χ1) is 4.27. The van der Waals surface area contributed by atoms with Crippen molar-refractivity contribution < 1.29 is 0 Å². The van der Waals surface area contributed by atoms with E-state index in [1.807, 2.05) is 20.2 Å². The standard InChI is InChI=1S/C6H9N3/c1-9(2)6-8-5-3-4-7/h3,5-6H,1-2H3/b5-3+,8-6?. The van der Waals surface area contributed by atoms with E-state index in [1.165, 1.54) is 12.3 Å². The number of hydrogen-bond donors (Lipinski definition) is 0. The van der Waals surface area contributed by atoms with E-state index in [-0.39, 0.29) is 0 Å². The topological polar surface area (TPSA) is 39.4 Å². The van der Waals surface area contributed by atoms with Crippen LogP contribution in [0.4, 0.5) is 0 Å². The molecule has 0 aromatic carbocycles. The van der Waals surface area contributed by atoms with E-state index in [0.717, 1.165) is 0 Å². The molecule has 9 heavy (non-hydrogen) atoms. The predicted octanol–water partition coefficient (Wildman–Crippen LogP) is 0.614. The molecule has 0 bridgehead atoms. The third kappa shape index (κ3) is 6.70. The molecule has 0 aliphatic heterocycles. The lowest BCUT2D eigenvalue weighted by Crippen LogP contribution is -2.06. The normalized spacial score (nSPS) is 10.3. The zero-order valence-corrected chi connectivity index (χ0v) is 5.57. The van der Waals surface area contributed by atoms with Crippen molar-refractivity contribution in [3.63, 3.8) is 0 Å². The van der Waals surface area contributed by atoms with Gasteiger partial charge in [-0.25, -0.2) is 4.99 Å². The summed E-state index contributed by atoms with van der Waals surface area (Å²) in [6, 6.07) is 1.83. The lowest BCUT2D eigenvalue weighted by atomic mass is 10.7. The van der Waals surface area contributed by atoms with Crippen molar-refractivity contribution >= 4 is 6.34 Å². The lowest BCUT2D eigenvalue weighted by molar-refractivity contribution is 0.643. The molecule has 0 N–H and O–H groups in total. The predicted molar refractivity (Wildman–Crippen MR) is 36.9 cm³/mol. The molecule has 0 saturated heterocycles. The van der Waals surface area contributed by atoms with Gasteiger partial charge in [-0.2, -0.15) is 5.26 Å². The SMILES string of the molecule is CN(C)C=N/C=C/C#N. The fourth-order valence-electron chi connectivity index (χ4n) is 0.248. The van der Waals surface area contributed by atoms with Gasteiger partial charge in [-0.05, 0) is 0 Å². The molecule has 0 saturated carbocycles. The maximum atomic E-state index is 8.01. The molecule has 0 spiro atoms. The number of nitrogens with zero attached hydrogens (tertiary/aromatic N) is 3. The summed E-state index contributed by atoms with van der Waals surface area (Å²) in [5.41, 5.74) is 0. The van der Waals surface area contributed by atoms with Gasteiger partial charge in [-0.3, -0.25) is 0 Å². The first-order valence-electron chi connectivity index (χ1n) is 2.51. The first kappa shape index (κ1) is 7.70. The minimum absolute atomic E-state index is 1.32. The van der Waals surface area contributed by atoms with Crippen molar-refractivity contribution in [1.82, 2.24) is 4.90 Å². The average molecular weight is 123 g/mol. The molecule has 0 aromatic heterocycles. The van der Waals surface area contributed by atoms with Gasteiger partial charge in [0.2, 0.25) is 0 Å². The van der Waals surface area contributed by atoms with Crippen LogP contribution in [0.25, 0.3) is 0 Å². The monoisotopic (exact) mass is 123 g/mol. The van der Waals surface area contributed by atoms with Crippen LogP contribution in [-0.2, 0) is 0 Å². The minimum atomic E-state index is 1.32. The van der Waals surface area contributed by atoms with E-state index >= 15 is 0 Å². The van der Waals surface area contributed by atoms with Gasteiger partial charge >= 0.3 is 0 Å². The molecule has 0 aliphatic carbocycles. The van der Waals surface area contributed by atoms with Crippen molar-refractivity contribution in [1.29, 1.82) is 5.26 Å². The number of nitriles is 1. The van der Waals surface area contributed by atoms with Gasteiger partial charge in [0, 0.05) is 26.4 Å². The maximum absolute atomic E-state index is 8.01. The molecular weight excluding hydrogens is 114 g/mol. The Morgan fingerprint density at radius 3 is 2.67 bits per heavy atom. The van der Waals surface area contributed by atoms with Crippen molar-refractivity contribution in [3.05, 3.63) is 12.3 Å². The molecular formula is C6H9N3. The Labute approximate surface area is 54.9 Å². The van der Waals surface area contributed by atoms with Gasteiger partial charge in [-0.1, -0.05) is 0 Å². The van der Waals surface area contributed by atoms with Gasteiger partial charge in [0.25, 0.3) is 0 Å². The Balaban J connectivity index is 3.50. The summed E-state index contributed by atoms with van der Waals surface area (Å²) in [6.07, 6.45) is 4.38. The number of allylic oxidation sites excluding steroid dienone is 1. The van der Waals surface area contributed by atoms with E-state index in [1.54, 1.807) is 11.2 Å². The van der Waals surface area contributed by atoms with E-state index < -0.39 is 0 Å². The fourth-order valence-corrected chi connectivity index (χ4v) is 0.248. The highest BCUT2D eigenvalue weighted by Gasteiger charge is 1.70. The van der Waals surface area contributed by atoms with Crippen LogP contribution >= 0.6 is 0 Å². The summed E-state index contributed by atoms with van der Waals surface area (Å²) in [6.45, 7) is 0. The molecule has 0 radical (unpaired) electrons. The highest BCUT2D eigenvalue weighted by Crippen LogP contribution is 1.71. The van der Waals surface area contributed by atoms with E-state index in [4.69, 9.17) is 5.26 Å². The van der Waals surface area contributed by atoms with Crippen LogP contribution in [0.3, 0.4) is 0 Å². The van der Waals surface area contributed by atoms with Crippen molar-refractivity contribution in [2.75, 3.05) is 14.1 Å². The zero-order chi connectivity index (χ0) is 7.11. The highest BCUT2D eigenvalue weighted by molar-refractivity contribution is 5.54. The van der Waals surface area contributed by atoms with Crippen molar-refractivity contribution in [2.24, 2.45) is 4.99 Å². The number of rotatable bonds is 2. The summed E-state index contributed by atoms with van der Waals surface area (Å²) in [7, 11) is 3.73. The van der Waals surface area contributed by atoms with Crippen LogP contribution in [0, 0.1) is 11.3 Å². The fraction of sp³-hybridized carbons (Fsp3) is 0.333. The second kappa shape index (κ2) is 4.85. The molecule has 0 heterocycles. The van der Waals surface area contributed by atoms with Crippen LogP contribution in [0.5, 0.6) is 0 Å². The summed E-state index contributed by atoms with van der Waals surface area (Å²) in [4.78, 5) is 5.55. The van der Waals surface area contributed by atoms with Gasteiger partial charge in [0.1, 0.15) is 0 Å². The Hall–Kier alpha value is -1.30. The van der Waals surface area contributed by atoms with Crippen LogP contribution in [0.2, 0.25) is 0 Å². The average Bonchev–Trinajstić information content (AvgIpc) is 1.80. The highest BCUT2D eigenvalue weighted by atomic mass is 15.1. The minimum Gasteiger partial charge on any atom is -0.369 e. The molecule has 0 rings (SSSR count). The van der Waals surface area contributed by atoms with Crippen LogP contribution in [0.1, 0.15) is 0 Å². The second-order valence-corrected chi connectivity index (χ2v) is 1.67. The third-order valence-corrected chi connectivity index (χ3v) is 0.533. The van der Waals surface area contributed by atoms with Crippen LogP contribution < -0.4 is 0 Å².